The Morgan fingerprint density at radius 3 is 2.64 bits per heavy atom. The number of carbonyl (C=O) groups is 1. The van der Waals surface area contributed by atoms with Crippen molar-refractivity contribution >= 4 is 28.9 Å². The summed E-state index contributed by atoms with van der Waals surface area (Å²) in [4.78, 5) is 12.2. The summed E-state index contributed by atoms with van der Waals surface area (Å²) in [5.74, 6) is 0.980. The lowest BCUT2D eigenvalue weighted by Crippen LogP contribution is -2.44. The third kappa shape index (κ3) is 4.48. The maximum Gasteiger partial charge on any atom is 0.242 e. The predicted molar refractivity (Wildman–Crippen MR) is 103 cm³/mol. The van der Waals surface area contributed by atoms with E-state index in [0.29, 0.717) is 11.0 Å². The van der Waals surface area contributed by atoms with Crippen LogP contribution < -0.4 is 20.9 Å². The quantitative estimate of drug-likeness (QED) is 0.581. The zero-order valence-corrected chi connectivity index (χ0v) is 15.0. The van der Waals surface area contributed by atoms with Crippen molar-refractivity contribution in [2.24, 2.45) is 5.92 Å². The minimum Gasteiger partial charge on any atom is -0.497 e. The summed E-state index contributed by atoms with van der Waals surface area (Å²) in [6.07, 6.45) is 0.868. The van der Waals surface area contributed by atoms with Crippen LogP contribution in [-0.2, 0) is 4.79 Å². The highest BCUT2D eigenvalue weighted by Crippen LogP contribution is 2.47. The molecule has 1 fully saturated rings. The molecule has 3 rings (SSSR count). The minimum atomic E-state index is -0.0413. The van der Waals surface area contributed by atoms with E-state index in [1.165, 1.54) is 11.1 Å². The van der Waals surface area contributed by atoms with Crippen molar-refractivity contribution in [1.29, 1.82) is 0 Å². The van der Waals surface area contributed by atoms with E-state index in [2.05, 4.69) is 47.4 Å². The van der Waals surface area contributed by atoms with Gasteiger partial charge in [0, 0.05) is 17.7 Å². The molecule has 1 saturated carbocycles. The molecule has 2 atom stereocenters. The first kappa shape index (κ1) is 17.2. The van der Waals surface area contributed by atoms with Gasteiger partial charge in [-0.15, -0.1) is 0 Å². The summed E-state index contributed by atoms with van der Waals surface area (Å²) in [5, 5.41) is 3.33. The molecule has 2 aromatic carbocycles. The molecule has 0 spiro atoms. The maximum absolute atomic E-state index is 12.2. The van der Waals surface area contributed by atoms with Crippen molar-refractivity contribution in [2.45, 2.75) is 19.3 Å². The Labute approximate surface area is 152 Å². The molecule has 2 aromatic rings. The molecule has 130 valence electrons. The number of hydrogen-bond donors (Lipinski definition) is 3. The van der Waals surface area contributed by atoms with Crippen molar-refractivity contribution in [1.82, 2.24) is 10.9 Å². The van der Waals surface area contributed by atoms with Crippen LogP contribution in [0.2, 0.25) is 0 Å². The van der Waals surface area contributed by atoms with Crippen LogP contribution in [0.25, 0.3) is 0 Å². The first-order chi connectivity index (χ1) is 12.1. The first-order valence-corrected chi connectivity index (χ1v) is 8.55. The van der Waals surface area contributed by atoms with Gasteiger partial charge in [0.15, 0.2) is 5.11 Å². The number of benzene rings is 2. The smallest absolute Gasteiger partial charge is 0.242 e. The van der Waals surface area contributed by atoms with Crippen molar-refractivity contribution < 1.29 is 9.53 Å². The lowest BCUT2D eigenvalue weighted by atomic mass is 10.1. The molecule has 0 unspecified atom stereocenters. The van der Waals surface area contributed by atoms with Crippen LogP contribution in [0.1, 0.15) is 23.5 Å². The van der Waals surface area contributed by atoms with Gasteiger partial charge in [-0.3, -0.25) is 15.6 Å². The number of amides is 1. The van der Waals surface area contributed by atoms with Gasteiger partial charge in [0.2, 0.25) is 5.91 Å². The number of carbonyl (C=O) groups excluding carboxylic acids is 1. The van der Waals surface area contributed by atoms with Crippen LogP contribution in [-0.4, -0.2) is 18.1 Å². The van der Waals surface area contributed by atoms with Crippen LogP contribution in [0.15, 0.2) is 48.5 Å². The van der Waals surface area contributed by atoms with Crippen molar-refractivity contribution in [2.75, 3.05) is 12.4 Å². The Balaban J connectivity index is 1.46. The first-order valence-electron chi connectivity index (χ1n) is 8.14. The molecule has 0 aliphatic heterocycles. The highest BCUT2D eigenvalue weighted by molar-refractivity contribution is 7.80. The fourth-order valence-corrected chi connectivity index (χ4v) is 2.91. The normalized spacial score (nSPS) is 18.2. The van der Waals surface area contributed by atoms with Crippen LogP contribution in [0.5, 0.6) is 5.75 Å². The van der Waals surface area contributed by atoms with Crippen molar-refractivity contribution in [3.8, 4) is 5.75 Å². The summed E-state index contributed by atoms with van der Waals surface area (Å²) < 4.78 is 5.16. The SMILES string of the molecule is COc1cccc(NC(=S)NNC(=O)[C@H]2C[C@@H]2c2ccc(C)cc2)c1. The van der Waals surface area contributed by atoms with E-state index in [-0.39, 0.29) is 11.8 Å². The molecular formula is C19H21N3O2S. The lowest BCUT2D eigenvalue weighted by Gasteiger charge is -2.12. The molecule has 0 bridgehead atoms. The zero-order valence-electron chi connectivity index (χ0n) is 14.2. The van der Waals surface area contributed by atoms with Gasteiger partial charge in [0.05, 0.1) is 7.11 Å². The number of hydrogen-bond acceptors (Lipinski definition) is 3. The van der Waals surface area contributed by atoms with Crippen molar-refractivity contribution in [3.05, 3.63) is 59.7 Å². The molecule has 6 heteroatoms. The lowest BCUT2D eigenvalue weighted by molar-refractivity contribution is -0.122. The summed E-state index contributed by atoms with van der Waals surface area (Å²) in [6.45, 7) is 2.06. The van der Waals surface area contributed by atoms with E-state index in [0.717, 1.165) is 17.9 Å². The summed E-state index contributed by atoms with van der Waals surface area (Å²) in [5.41, 5.74) is 8.65. The Bertz CT molecular complexity index is 776. The highest BCUT2D eigenvalue weighted by atomic mass is 32.1. The fourth-order valence-electron chi connectivity index (χ4n) is 2.74. The number of methoxy groups -OCH3 is 1. The van der Waals surface area contributed by atoms with E-state index in [9.17, 15) is 4.79 Å². The molecule has 0 heterocycles. The van der Waals surface area contributed by atoms with Gasteiger partial charge in [-0.25, -0.2) is 0 Å². The highest BCUT2D eigenvalue weighted by Gasteiger charge is 2.43. The number of thiocarbonyl (C=S) groups is 1. The minimum absolute atomic E-state index is 0.00479. The number of ether oxygens (including phenoxy) is 1. The summed E-state index contributed by atoms with van der Waals surface area (Å²) in [6, 6.07) is 15.7. The molecule has 3 N–H and O–H groups in total. The number of anilines is 1. The van der Waals surface area contributed by atoms with E-state index >= 15 is 0 Å². The molecule has 25 heavy (non-hydrogen) atoms. The van der Waals surface area contributed by atoms with E-state index in [1.807, 2.05) is 24.3 Å². The molecule has 0 saturated heterocycles. The average molecular weight is 355 g/mol. The van der Waals surface area contributed by atoms with Gasteiger partial charge >= 0.3 is 0 Å². The van der Waals surface area contributed by atoms with Gasteiger partial charge in [-0.1, -0.05) is 35.9 Å². The monoisotopic (exact) mass is 355 g/mol. The van der Waals surface area contributed by atoms with Gasteiger partial charge in [0.1, 0.15) is 5.75 Å². The third-order valence-corrected chi connectivity index (χ3v) is 4.46. The molecule has 1 amide bonds. The average Bonchev–Trinajstić information content (AvgIpc) is 3.41. The fraction of sp³-hybridized carbons (Fsp3) is 0.263. The molecular weight excluding hydrogens is 334 g/mol. The molecule has 5 nitrogen and oxygen atoms in total. The Hall–Kier alpha value is -2.60. The largest absolute Gasteiger partial charge is 0.497 e. The van der Waals surface area contributed by atoms with Gasteiger partial charge < -0.3 is 10.1 Å². The second-order valence-electron chi connectivity index (χ2n) is 6.16. The number of aryl methyl sites for hydroxylation is 1. The summed E-state index contributed by atoms with van der Waals surface area (Å²) in [7, 11) is 1.61. The Kier molecular flexibility index (Phi) is 5.19. The predicted octanol–water partition coefficient (Wildman–Crippen LogP) is 3.12. The topological polar surface area (TPSA) is 62.4 Å². The van der Waals surface area contributed by atoms with Crippen molar-refractivity contribution in [3.63, 3.8) is 0 Å². The zero-order chi connectivity index (χ0) is 17.8. The van der Waals surface area contributed by atoms with Crippen LogP contribution in [0.4, 0.5) is 5.69 Å². The molecule has 0 aromatic heterocycles. The van der Waals surface area contributed by atoms with Gasteiger partial charge in [-0.2, -0.15) is 0 Å². The molecule has 1 aliphatic carbocycles. The second-order valence-corrected chi connectivity index (χ2v) is 6.57. The molecule has 1 aliphatic rings. The number of nitrogens with one attached hydrogen (secondary N) is 3. The maximum atomic E-state index is 12.2. The summed E-state index contributed by atoms with van der Waals surface area (Å²) >= 11 is 5.20. The van der Waals surface area contributed by atoms with E-state index in [4.69, 9.17) is 17.0 Å². The standard InChI is InChI=1S/C19H21N3O2S/c1-12-6-8-13(9-7-12)16-11-17(16)18(23)21-22-19(25)20-14-4-3-5-15(10-14)24-2/h3-10,16-17H,11H2,1-2H3,(H,21,23)(H2,20,22,25)/t16-,17+/m1/s1. The number of hydrazine groups is 1. The Morgan fingerprint density at radius 1 is 1.16 bits per heavy atom. The second kappa shape index (κ2) is 7.53. The van der Waals surface area contributed by atoms with Gasteiger partial charge in [0.25, 0.3) is 0 Å². The third-order valence-electron chi connectivity index (χ3n) is 4.26. The van der Waals surface area contributed by atoms with Crippen LogP contribution in [0, 0.1) is 12.8 Å². The van der Waals surface area contributed by atoms with E-state index < -0.39 is 0 Å². The van der Waals surface area contributed by atoms with E-state index in [1.54, 1.807) is 7.11 Å². The van der Waals surface area contributed by atoms with Crippen LogP contribution >= 0.6 is 12.2 Å². The molecule has 0 radical (unpaired) electrons. The number of rotatable bonds is 4. The van der Waals surface area contributed by atoms with Crippen LogP contribution in [0.3, 0.4) is 0 Å². The Morgan fingerprint density at radius 2 is 1.92 bits per heavy atom. The van der Waals surface area contributed by atoms with Gasteiger partial charge in [-0.05, 0) is 49.2 Å².